The van der Waals surface area contributed by atoms with Crippen LogP contribution in [-0.4, -0.2) is 27.5 Å². The Bertz CT molecular complexity index is 324. The number of hydrogen-bond acceptors (Lipinski definition) is 2. The van der Waals surface area contributed by atoms with Crippen molar-refractivity contribution in [1.82, 2.24) is 9.78 Å². The number of carboxylic acid groups (broad SMARTS) is 1. The van der Waals surface area contributed by atoms with Crippen molar-refractivity contribution in [3.63, 3.8) is 0 Å². The van der Waals surface area contributed by atoms with Crippen molar-refractivity contribution >= 4 is 5.97 Å². The monoisotopic (exact) mass is 190 g/mol. The topological polar surface area (TPSA) is 55.1 Å². The summed E-state index contributed by atoms with van der Waals surface area (Å²) in [6, 6.07) is 0. The zero-order valence-corrected chi connectivity index (χ0v) is 6.87. The van der Waals surface area contributed by atoms with Crippen molar-refractivity contribution in [1.29, 1.82) is 0 Å². The summed E-state index contributed by atoms with van der Waals surface area (Å²) in [5, 5.41) is 12.1. The Morgan fingerprint density at radius 3 is 2.92 bits per heavy atom. The SMILES string of the molecule is Cc1cnn(C(F)CF)c1C(=O)O. The molecule has 1 aromatic rings. The van der Waals surface area contributed by atoms with E-state index < -0.39 is 18.9 Å². The first-order chi connectivity index (χ1) is 6.07. The van der Waals surface area contributed by atoms with Gasteiger partial charge in [-0.15, -0.1) is 0 Å². The molecule has 0 fully saturated rings. The molecule has 0 saturated carbocycles. The highest BCUT2D eigenvalue weighted by atomic mass is 19.2. The Kier molecular flexibility index (Phi) is 2.60. The Balaban J connectivity index is 3.14. The molecule has 1 unspecified atom stereocenters. The van der Waals surface area contributed by atoms with E-state index in [1.807, 2.05) is 0 Å². The molecule has 1 N–H and O–H groups in total. The normalized spacial score (nSPS) is 12.8. The first kappa shape index (κ1) is 9.63. The zero-order chi connectivity index (χ0) is 10.0. The molecule has 6 heteroatoms. The lowest BCUT2D eigenvalue weighted by Crippen LogP contribution is -2.15. The number of aromatic carboxylic acids is 1. The summed E-state index contributed by atoms with van der Waals surface area (Å²) in [6.45, 7) is 0.180. The number of rotatable bonds is 3. The number of aryl methyl sites for hydroxylation is 1. The van der Waals surface area contributed by atoms with Crippen LogP contribution in [0.1, 0.15) is 22.3 Å². The van der Waals surface area contributed by atoms with Crippen molar-refractivity contribution < 1.29 is 18.7 Å². The van der Waals surface area contributed by atoms with Gasteiger partial charge in [-0.05, 0) is 6.92 Å². The minimum Gasteiger partial charge on any atom is -0.477 e. The highest BCUT2D eigenvalue weighted by molar-refractivity contribution is 5.87. The molecule has 1 rings (SSSR count). The standard InChI is InChI=1S/C7H8F2N2O2/c1-4-3-10-11(5(9)2-8)6(4)7(12)13/h3,5H,2H2,1H3,(H,12,13). The second-order valence-electron chi connectivity index (χ2n) is 2.51. The fraction of sp³-hybridized carbons (Fsp3) is 0.429. The van der Waals surface area contributed by atoms with Crippen LogP contribution in [0, 0.1) is 6.92 Å². The molecule has 0 aliphatic rings. The van der Waals surface area contributed by atoms with Gasteiger partial charge in [0.25, 0.3) is 0 Å². The Hall–Kier alpha value is -1.46. The molecule has 72 valence electrons. The molecule has 0 bridgehead atoms. The lowest BCUT2D eigenvalue weighted by Gasteiger charge is -2.06. The van der Waals surface area contributed by atoms with Crippen LogP contribution in [0.4, 0.5) is 8.78 Å². The van der Waals surface area contributed by atoms with Gasteiger partial charge in [-0.3, -0.25) is 0 Å². The van der Waals surface area contributed by atoms with Crippen LogP contribution < -0.4 is 0 Å². The van der Waals surface area contributed by atoms with E-state index in [1.165, 1.54) is 13.1 Å². The van der Waals surface area contributed by atoms with E-state index in [0.29, 0.717) is 10.2 Å². The predicted octanol–water partition coefficient (Wildman–Crippen LogP) is 1.33. The van der Waals surface area contributed by atoms with E-state index in [2.05, 4.69) is 5.10 Å². The number of aromatic nitrogens is 2. The number of hydrogen-bond donors (Lipinski definition) is 1. The van der Waals surface area contributed by atoms with E-state index in [-0.39, 0.29) is 5.69 Å². The number of carboxylic acids is 1. The van der Waals surface area contributed by atoms with Crippen LogP contribution >= 0.6 is 0 Å². The number of alkyl halides is 2. The molecular formula is C7H8F2N2O2. The largest absolute Gasteiger partial charge is 0.477 e. The van der Waals surface area contributed by atoms with Crippen molar-refractivity contribution in [3.8, 4) is 0 Å². The average Bonchev–Trinajstić information content (AvgIpc) is 2.45. The fourth-order valence-electron chi connectivity index (χ4n) is 0.993. The third-order valence-corrected chi connectivity index (χ3v) is 1.57. The van der Waals surface area contributed by atoms with Crippen LogP contribution in [-0.2, 0) is 0 Å². The molecule has 1 aromatic heterocycles. The lowest BCUT2D eigenvalue weighted by molar-refractivity contribution is 0.0661. The third kappa shape index (κ3) is 1.66. The Morgan fingerprint density at radius 1 is 1.85 bits per heavy atom. The summed E-state index contributed by atoms with van der Waals surface area (Å²) in [5.74, 6) is -1.31. The Labute approximate surface area is 72.8 Å². The molecule has 0 spiro atoms. The first-order valence-corrected chi connectivity index (χ1v) is 3.55. The van der Waals surface area contributed by atoms with Crippen LogP contribution in [0.5, 0.6) is 0 Å². The van der Waals surface area contributed by atoms with Crippen LogP contribution in [0.3, 0.4) is 0 Å². The number of halogens is 2. The van der Waals surface area contributed by atoms with Crippen LogP contribution in [0.25, 0.3) is 0 Å². The molecular weight excluding hydrogens is 182 g/mol. The van der Waals surface area contributed by atoms with Crippen LogP contribution in [0.15, 0.2) is 6.20 Å². The molecule has 0 amide bonds. The van der Waals surface area contributed by atoms with Gasteiger partial charge in [-0.25, -0.2) is 18.3 Å². The smallest absolute Gasteiger partial charge is 0.354 e. The van der Waals surface area contributed by atoms with E-state index in [0.717, 1.165) is 0 Å². The summed E-state index contributed by atoms with van der Waals surface area (Å²) >= 11 is 0. The molecule has 0 aliphatic carbocycles. The quantitative estimate of drug-likeness (QED) is 0.782. The molecule has 0 radical (unpaired) electrons. The van der Waals surface area contributed by atoms with Gasteiger partial charge in [0.2, 0.25) is 6.30 Å². The maximum atomic E-state index is 12.8. The first-order valence-electron chi connectivity index (χ1n) is 3.55. The second kappa shape index (κ2) is 3.51. The van der Waals surface area contributed by atoms with Crippen molar-refractivity contribution in [2.24, 2.45) is 0 Å². The van der Waals surface area contributed by atoms with E-state index in [9.17, 15) is 13.6 Å². The van der Waals surface area contributed by atoms with E-state index in [4.69, 9.17) is 5.11 Å². The molecule has 1 atom stereocenters. The minimum absolute atomic E-state index is 0.309. The minimum atomic E-state index is -2.03. The summed E-state index contributed by atoms with van der Waals surface area (Å²) in [6.07, 6.45) is -0.842. The molecule has 1 heterocycles. The summed E-state index contributed by atoms with van der Waals surface area (Å²) < 4.78 is 25.2. The highest BCUT2D eigenvalue weighted by Crippen LogP contribution is 2.15. The maximum Gasteiger partial charge on any atom is 0.354 e. The van der Waals surface area contributed by atoms with Crippen molar-refractivity contribution in [2.45, 2.75) is 13.2 Å². The maximum absolute atomic E-state index is 12.8. The molecule has 13 heavy (non-hydrogen) atoms. The van der Waals surface area contributed by atoms with Crippen LogP contribution in [0.2, 0.25) is 0 Å². The third-order valence-electron chi connectivity index (χ3n) is 1.57. The predicted molar refractivity (Wildman–Crippen MR) is 40.0 cm³/mol. The van der Waals surface area contributed by atoms with Gasteiger partial charge in [0.15, 0.2) is 5.69 Å². The van der Waals surface area contributed by atoms with Gasteiger partial charge in [0, 0.05) is 5.56 Å². The molecule has 0 aliphatic heterocycles. The van der Waals surface area contributed by atoms with Gasteiger partial charge in [0.1, 0.15) is 6.67 Å². The number of nitrogens with zero attached hydrogens (tertiary/aromatic N) is 2. The average molecular weight is 190 g/mol. The molecule has 0 saturated heterocycles. The summed E-state index contributed by atoms with van der Waals surface area (Å²) in [5.41, 5.74) is -0.00579. The van der Waals surface area contributed by atoms with Gasteiger partial charge < -0.3 is 5.11 Å². The van der Waals surface area contributed by atoms with Gasteiger partial charge in [0.05, 0.1) is 6.20 Å². The summed E-state index contributed by atoms with van der Waals surface area (Å²) in [4.78, 5) is 10.6. The zero-order valence-electron chi connectivity index (χ0n) is 6.87. The highest BCUT2D eigenvalue weighted by Gasteiger charge is 2.20. The van der Waals surface area contributed by atoms with Gasteiger partial charge in [-0.1, -0.05) is 0 Å². The summed E-state index contributed by atoms with van der Waals surface area (Å²) in [7, 11) is 0. The van der Waals surface area contributed by atoms with E-state index >= 15 is 0 Å². The van der Waals surface area contributed by atoms with E-state index in [1.54, 1.807) is 0 Å². The van der Waals surface area contributed by atoms with Gasteiger partial charge in [-0.2, -0.15) is 5.10 Å². The molecule has 4 nitrogen and oxygen atoms in total. The van der Waals surface area contributed by atoms with Crippen molar-refractivity contribution in [3.05, 3.63) is 17.5 Å². The van der Waals surface area contributed by atoms with Gasteiger partial charge >= 0.3 is 5.97 Å². The van der Waals surface area contributed by atoms with Crippen molar-refractivity contribution in [2.75, 3.05) is 6.67 Å². The lowest BCUT2D eigenvalue weighted by atomic mass is 10.3. The second-order valence-corrected chi connectivity index (χ2v) is 2.51. The Morgan fingerprint density at radius 2 is 2.46 bits per heavy atom. The molecule has 0 aromatic carbocycles. The number of carbonyl (C=O) groups is 1. The fourth-order valence-corrected chi connectivity index (χ4v) is 0.993.